The number of ether oxygens (including phenoxy) is 2. The van der Waals surface area contributed by atoms with E-state index in [0.717, 1.165) is 57.5 Å². The summed E-state index contributed by atoms with van der Waals surface area (Å²) in [6.07, 6.45) is 5.89. The highest BCUT2D eigenvalue weighted by Crippen LogP contribution is 2.31. The summed E-state index contributed by atoms with van der Waals surface area (Å²) in [6, 6.07) is 0. The third-order valence-electron chi connectivity index (χ3n) is 3.71. The first-order chi connectivity index (χ1) is 12.7. The maximum Gasteiger partial charge on any atom is 0.330 e. The molecule has 0 aromatic heterocycles. The van der Waals surface area contributed by atoms with E-state index < -0.39 is 0 Å². The Kier molecular flexibility index (Phi) is 15.0. The number of carbonyl (C=O) groups is 1. The highest BCUT2D eigenvalue weighted by atomic mass is 33.1. The quantitative estimate of drug-likeness (QED) is 0.0810. The number of carbonyl (C=O) groups excluding carboxylic acids is 1. The molecule has 0 N–H and O–H groups in total. The maximum absolute atomic E-state index is 11.2. The van der Waals surface area contributed by atoms with Crippen molar-refractivity contribution in [2.75, 3.05) is 51.8 Å². The molecule has 0 aromatic rings. The van der Waals surface area contributed by atoms with Crippen molar-refractivity contribution in [2.45, 2.75) is 44.8 Å². The molecular weight excluding hydrogens is 388 g/mol. The van der Waals surface area contributed by atoms with Gasteiger partial charge in [-0.15, -0.1) is 0 Å². The largest absolute Gasteiger partial charge is 0.461 e. The van der Waals surface area contributed by atoms with Gasteiger partial charge in [0.25, 0.3) is 0 Å². The highest BCUT2D eigenvalue weighted by Gasteiger charge is 2.22. The molecule has 0 aliphatic carbocycles. The van der Waals surface area contributed by atoms with Gasteiger partial charge in [0.1, 0.15) is 6.61 Å². The summed E-state index contributed by atoms with van der Waals surface area (Å²) < 4.78 is 15.6. The second-order valence-electron chi connectivity index (χ2n) is 6.12. The van der Waals surface area contributed by atoms with Crippen LogP contribution >= 0.6 is 33.7 Å². The smallest absolute Gasteiger partial charge is 0.330 e. The van der Waals surface area contributed by atoms with Gasteiger partial charge in [-0.25, -0.2) is 13.4 Å². The Morgan fingerprint density at radius 1 is 1.12 bits per heavy atom. The molecule has 0 amide bonds. The predicted octanol–water partition coefficient (Wildman–Crippen LogP) is 4.26. The van der Waals surface area contributed by atoms with E-state index in [-0.39, 0.29) is 5.97 Å². The number of unbranched alkanes of at least 4 members (excludes halogenated alkanes) is 2. The zero-order valence-electron chi connectivity index (χ0n) is 16.2. The molecule has 5 nitrogen and oxygen atoms in total. The molecule has 1 aliphatic heterocycles. The van der Waals surface area contributed by atoms with Crippen LogP contribution in [0, 0.1) is 0 Å². The van der Waals surface area contributed by atoms with Gasteiger partial charge in [-0.05, 0) is 12.8 Å². The van der Waals surface area contributed by atoms with Crippen molar-refractivity contribution in [1.82, 2.24) is 8.61 Å². The van der Waals surface area contributed by atoms with Crippen molar-refractivity contribution in [2.24, 2.45) is 0 Å². The van der Waals surface area contributed by atoms with Crippen molar-refractivity contribution in [1.29, 1.82) is 0 Å². The van der Waals surface area contributed by atoms with Gasteiger partial charge >= 0.3 is 5.97 Å². The number of hydrogen-bond donors (Lipinski definition) is 0. The van der Waals surface area contributed by atoms with E-state index in [1.807, 2.05) is 11.8 Å². The molecule has 1 aliphatic rings. The van der Waals surface area contributed by atoms with Crippen molar-refractivity contribution < 1.29 is 14.3 Å². The number of esters is 1. The zero-order valence-corrected chi connectivity index (χ0v) is 18.6. The van der Waals surface area contributed by atoms with Crippen LogP contribution in [0.25, 0.3) is 0 Å². The predicted molar refractivity (Wildman–Crippen MR) is 116 cm³/mol. The van der Waals surface area contributed by atoms with Crippen molar-refractivity contribution in [3.8, 4) is 0 Å². The van der Waals surface area contributed by atoms with Crippen LogP contribution in [-0.2, 0) is 14.3 Å². The molecule has 26 heavy (non-hydrogen) atoms. The monoisotopic (exact) mass is 422 g/mol. The van der Waals surface area contributed by atoms with Crippen LogP contribution in [-0.4, -0.2) is 71.6 Å². The first kappa shape index (κ1) is 24.2. The van der Waals surface area contributed by atoms with Gasteiger partial charge in [-0.2, -0.15) is 11.8 Å². The van der Waals surface area contributed by atoms with Gasteiger partial charge in [0, 0.05) is 65.2 Å². The molecule has 1 fully saturated rings. The fourth-order valence-corrected chi connectivity index (χ4v) is 4.77. The Bertz CT molecular complexity index is 385. The van der Waals surface area contributed by atoms with E-state index in [1.165, 1.54) is 24.7 Å². The lowest BCUT2D eigenvalue weighted by Gasteiger charge is -2.25. The lowest BCUT2D eigenvalue weighted by Crippen LogP contribution is -2.26. The minimum atomic E-state index is -0.353. The van der Waals surface area contributed by atoms with Crippen LogP contribution in [0.1, 0.15) is 39.5 Å². The molecule has 0 bridgehead atoms. The van der Waals surface area contributed by atoms with E-state index in [1.54, 1.807) is 22.0 Å². The zero-order chi connectivity index (χ0) is 19.0. The molecule has 1 heterocycles. The van der Waals surface area contributed by atoms with Crippen molar-refractivity contribution in [3.05, 3.63) is 12.7 Å². The number of rotatable bonds is 18. The second-order valence-corrected chi connectivity index (χ2v) is 9.67. The third-order valence-corrected chi connectivity index (χ3v) is 7.33. The summed E-state index contributed by atoms with van der Waals surface area (Å²) in [4.78, 5) is 11.2. The molecule has 1 saturated heterocycles. The fraction of sp³-hybridized carbons (Fsp3) is 0.833. The van der Waals surface area contributed by atoms with Crippen LogP contribution < -0.4 is 0 Å². The van der Waals surface area contributed by atoms with Crippen LogP contribution in [0.15, 0.2) is 12.7 Å². The summed E-state index contributed by atoms with van der Waals surface area (Å²) in [6.45, 7) is 13.7. The third kappa shape index (κ3) is 13.3. The first-order valence-corrected chi connectivity index (χ1v) is 12.6. The van der Waals surface area contributed by atoms with Gasteiger partial charge < -0.3 is 9.47 Å². The topological polar surface area (TPSA) is 42.0 Å². The van der Waals surface area contributed by atoms with E-state index in [4.69, 9.17) is 9.47 Å². The number of hydrogen-bond acceptors (Lipinski definition) is 8. The fourth-order valence-electron chi connectivity index (χ4n) is 1.99. The van der Waals surface area contributed by atoms with Gasteiger partial charge in [0.2, 0.25) is 0 Å². The highest BCUT2D eigenvalue weighted by molar-refractivity contribution is 8.74. The SMILES string of the molecule is C=CC(=O)OCCN(CCCC)SSN(CCCC)CCOCC1CS1. The Labute approximate surface area is 171 Å². The van der Waals surface area contributed by atoms with E-state index in [2.05, 4.69) is 29.0 Å². The molecular formula is C18H34N2O3S3. The van der Waals surface area contributed by atoms with Crippen LogP contribution in [0.4, 0.5) is 0 Å². The lowest BCUT2D eigenvalue weighted by molar-refractivity contribution is -0.137. The second kappa shape index (κ2) is 16.1. The van der Waals surface area contributed by atoms with Gasteiger partial charge in [0.15, 0.2) is 0 Å². The lowest BCUT2D eigenvalue weighted by atomic mass is 10.3. The van der Waals surface area contributed by atoms with E-state index in [0.29, 0.717) is 6.61 Å². The number of nitrogens with zero attached hydrogens (tertiary/aromatic N) is 2. The molecule has 0 spiro atoms. The van der Waals surface area contributed by atoms with Crippen LogP contribution in [0.5, 0.6) is 0 Å². The molecule has 8 heteroatoms. The van der Waals surface area contributed by atoms with Crippen LogP contribution in [0.2, 0.25) is 0 Å². The Morgan fingerprint density at radius 3 is 2.19 bits per heavy atom. The molecule has 0 radical (unpaired) electrons. The van der Waals surface area contributed by atoms with Gasteiger partial charge in [-0.1, -0.05) is 33.3 Å². The Hall–Kier alpha value is 0.140. The average Bonchev–Trinajstić information content (AvgIpc) is 3.47. The molecule has 0 saturated carbocycles. The van der Waals surface area contributed by atoms with Crippen molar-refractivity contribution >= 4 is 39.7 Å². The number of thioether (sulfide) groups is 1. The van der Waals surface area contributed by atoms with E-state index >= 15 is 0 Å². The molecule has 152 valence electrons. The Balaban J connectivity index is 2.30. The standard InChI is InChI=1S/C18H34N2O3S3/c1-4-7-9-19(11-13-22-15-17-16-24-17)25-26-20(10-8-5-2)12-14-23-18(21)6-3/h6,17H,3-5,7-16H2,1-2H3. The van der Waals surface area contributed by atoms with Crippen molar-refractivity contribution in [3.63, 3.8) is 0 Å². The summed E-state index contributed by atoms with van der Waals surface area (Å²) in [7, 11) is 3.54. The van der Waals surface area contributed by atoms with Crippen LogP contribution in [0.3, 0.4) is 0 Å². The molecule has 1 rings (SSSR count). The normalized spacial score (nSPS) is 16.2. The molecule has 1 unspecified atom stereocenters. The van der Waals surface area contributed by atoms with Gasteiger partial charge in [-0.3, -0.25) is 0 Å². The minimum absolute atomic E-state index is 0.353. The van der Waals surface area contributed by atoms with E-state index in [9.17, 15) is 4.79 Å². The first-order valence-electron chi connectivity index (χ1n) is 9.52. The Morgan fingerprint density at radius 2 is 1.69 bits per heavy atom. The maximum atomic E-state index is 11.2. The summed E-state index contributed by atoms with van der Waals surface area (Å²) >= 11 is 1.98. The molecule has 0 aromatic carbocycles. The minimum Gasteiger partial charge on any atom is -0.461 e. The summed E-state index contributed by atoms with van der Waals surface area (Å²) in [5.74, 6) is 0.904. The van der Waals surface area contributed by atoms with Gasteiger partial charge in [0.05, 0.1) is 13.2 Å². The summed E-state index contributed by atoms with van der Waals surface area (Å²) in [5.41, 5.74) is 0. The average molecular weight is 423 g/mol. The summed E-state index contributed by atoms with van der Waals surface area (Å²) in [5, 5.41) is 0.740. The molecule has 1 atom stereocenters.